The number of ketones is 1. The third-order valence-electron chi connectivity index (χ3n) is 3.39. The van der Waals surface area contributed by atoms with Crippen LogP contribution in [0.25, 0.3) is 0 Å². The van der Waals surface area contributed by atoms with Crippen LogP contribution in [0, 0.1) is 13.8 Å². The minimum Gasteiger partial charge on any atom is -0.309 e. The standard InChI is InChI=1S/C16H26N2O/c1-13-7-8-15(11-14(13)2)16(19)12-18(5)10-6-9-17(3)4/h7-8,11H,6,9-10,12H2,1-5H3. The van der Waals surface area contributed by atoms with Crippen molar-refractivity contribution in [2.24, 2.45) is 0 Å². The van der Waals surface area contributed by atoms with E-state index in [1.807, 2.05) is 32.2 Å². The lowest BCUT2D eigenvalue weighted by molar-refractivity contribution is 0.0944. The van der Waals surface area contributed by atoms with Gasteiger partial charge in [0, 0.05) is 5.56 Å². The van der Waals surface area contributed by atoms with E-state index in [-0.39, 0.29) is 5.78 Å². The van der Waals surface area contributed by atoms with Gasteiger partial charge in [-0.3, -0.25) is 9.69 Å². The van der Waals surface area contributed by atoms with Gasteiger partial charge in [0.25, 0.3) is 0 Å². The number of hydrogen-bond donors (Lipinski definition) is 0. The molecule has 0 aliphatic carbocycles. The summed E-state index contributed by atoms with van der Waals surface area (Å²) in [7, 11) is 6.15. The lowest BCUT2D eigenvalue weighted by Crippen LogP contribution is -2.29. The van der Waals surface area contributed by atoms with Gasteiger partial charge in [-0.2, -0.15) is 0 Å². The summed E-state index contributed by atoms with van der Waals surface area (Å²) in [4.78, 5) is 16.4. The molecule has 3 nitrogen and oxygen atoms in total. The van der Waals surface area contributed by atoms with E-state index in [0.717, 1.165) is 25.1 Å². The van der Waals surface area contributed by atoms with Crippen LogP contribution in [0.15, 0.2) is 18.2 Å². The molecule has 106 valence electrons. The molecule has 0 amide bonds. The zero-order chi connectivity index (χ0) is 14.4. The van der Waals surface area contributed by atoms with E-state index in [1.165, 1.54) is 11.1 Å². The summed E-state index contributed by atoms with van der Waals surface area (Å²) >= 11 is 0. The van der Waals surface area contributed by atoms with Crippen molar-refractivity contribution in [2.45, 2.75) is 20.3 Å². The number of nitrogens with zero attached hydrogens (tertiary/aromatic N) is 2. The predicted octanol–water partition coefficient (Wildman–Crippen LogP) is 2.37. The summed E-state index contributed by atoms with van der Waals surface area (Å²) < 4.78 is 0. The lowest BCUT2D eigenvalue weighted by atomic mass is 10.0. The first-order chi connectivity index (χ1) is 8.90. The van der Waals surface area contributed by atoms with Crippen LogP contribution < -0.4 is 0 Å². The van der Waals surface area contributed by atoms with Crippen molar-refractivity contribution >= 4 is 5.78 Å². The SMILES string of the molecule is Cc1ccc(C(=O)CN(C)CCCN(C)C)cc1C. The summed E-state index contributed by atoms with van der Waals surface area (Å²) in [5.74, 6) is 0.204. The molecule has 0 fully saturated rings. The van der Waals surface area contributed by atoms with Crippen molar-refractivity contribution in [3.05, 3.63) is 34.9 Å². The fourth-order valence-corrected chi connectivity index (χ4v) is 1.99. The predicted molar refractivity (Wildman–Crippen MR) is 80.9 cm³/mol. The summed E-state index contributed by atoms with van der Waals surface area (Å²) in [5.41, 5.74) is 3.24. The van der Waals surface area contributed by atoms with E-state index in [2.05, 4.69) is 30.8 Å². The summed E-state index contributed by atoms with van der Waals surface area (Å²) in [6.45, 7) is 6.62. The van der Waals surface area contributed by atoms with Gasteiger partial charge in [0.1, 0.15) is 0 Å². The molecule has 0 heterocycles. The Bertz CT molecular complexity index is 427. The molecule has 0 radical (unpaired) electrons. The Morgan fingerprint density at radius 2 is 1.74 bits per heavy atom. The number of likely N-dealkylation sites (N-methyl/N-ethyl adjacent to an activating group) is 1. The van der Waals surface area contributed by atoms with Gasteiger partial charge in [-0.15, -0.1) is 0 Å². The molecule has 0 atom stereocenters. The summed E-state index contributed by atoms with van der Waals surface area (Å²) in [6, 6.07) is 5.94. The molecule has 0 aliphatic heterocycles. The molecule has 0 saturated carbocycles. The normalized spacial score (nSPS) is 11.3. The van der Waals surface area contributed by atoms with E-state index in [0.29, 0.717) is 6.54 Å². The second kappa shape index (κ2) is 7.41. The lowest BCUT2D eigenvalue weighted by Gasteiger charge is -2.17. The maximum atomic E-state index is 12.2. The van der Waals surface area contributed by atoms with Crippen LogP contribution in [0.2, 0.25) is 0 Å². The van der Waals surface area contributed by atoms with Gasteiger partial charge in [-0.1, -0.05) is 12.1 Å². The van der Waals surface area contributed by atoms with Gasteiger partial charge in [0.05, 0.1) is 6.54 Å². The van der Waals surface area contributed by atoms with Crippen LogP contribution in [-0.2, 0) is 0 Å². The Balaban J connectivity index is 2.47. The van der Waals surface area contributed by atoms with Gasteiger partial charge >= 0.3 is 0 Å². The van der Waals surface area contributed by atoms with Crippen molar-refractivity contribution in [3.63, 3.8) is 0 Å². The second-order valence-corrected chi connectivity index (χ2v) is 5.62. The first-order valence-electron chi connectivity index (χ1n) is 6.84. The van der Waals surface area contributed by atoms with Gasteiger partial charge < -0.3 is 4.90 Å². The molecule has 0 aromatic heterocycles. The van der Waals surface area contributed by atoms with Crippen LogP contribution in [0.5, 0.6) is 0 Å². The number of Topliss-reactive ketones (excluding diaryl/α,β-unsaturated/α-hetero) is 1. The Morgan fingerprint density at radius 3 is 2.32 bits per heavy atom. The molecule has 0 saturated heterocycles. The van der Waals surface area contributed by atoms with Gasteiger partial charge in [-0.05, 0) is 71.7 Å². The number of carbonyl (C=O) groups excluding carboxylic acids is 1. The Labute approximate surface area is 117 Å². The summed E-state index contributed by atoms with van der Waals surface area (Å²) in [5, 5.41) is 0. The first-order valence-corrected chi connectivity index (χ1v) is 6.84. The fourth-order valence-electron chi connectivity index (χ4n) is 1.99. The van der Waals surface area contributed by atoms with Gasteiger partial charge in [0.15, 0.2) is 5.78 Å². The van der Waals surface area contributed by atoms with Crippen molar-refractivity contribution in [1.29, 1.82) is 0 Å². The average molecular weight is 262 g/mol. The molecule has 1 rings (SSSR count). The topological polar surface area (TPSA) is 23.6 Å². The minimum absolute atomic E-state index is 0.204. The third-order valence-corrected chi connectivity index (χ3v) is 3.39. The zero-order valence-electron chi connectivity index (χ0n) is 12.9. The van der Waals surface area contributed by atoms with Crippen molar-refractivity contribution in [2.75, 3.05) is 40.8 Å². The van der Waals surface area contributed by atoms with Crippen LogP contribution >= 0.6 is 0 Å². The maximum absolute atomic E-state index is 12.2. The molecule has 19 heavy (non-hydrogen) atoms. The Kier molecular flexibility index (Phi) is 6.19. The molecule has 0 aliphatic rings. The molecule has 0 bridgehead atoms. The van der Waals surface area contributed by atoms with Gasteiger partial charge in [-0.25, -0.2) is 0 Å². The molecule has 0 spiro atoms. The molecule has 1 aromatic rings. The molecule has 0 N–H and O–H groups in total. The Hall–Kier alpha value is -1.19. The minimum atomic E-state index is 0.204. The smallest absolute Gasteiger partial charge is 0.176 e. The highest BCUT2D eigenvalue weighted by atomic mass is 16.1. The van der Waals surface area contributed by atoms with E-state index in [9.17, 15) is 4.79 Å². The summed E-state index contributed by atoms with van der Waals surface area (Å²) in [6.07, 6.45) is 1.09. The van der Waals surface area contributed by atoms with E-state index in [4.69, 9.17) is 0 Å². The highest BCUT2D eigenvalue weighted by Gasteiger charge is 2.10. The number of aryl methyl sites for hydroxylation is 2. The highest BCUT2D eigenvalue weighted by Crippen LogP contribution is 2.10. The van der Waals surface area contributed by atoms with E-state index >= 15 is 0 Å². The molecule has 3 heteroatoms. The van der Waals surface area contributed by atoms with Gasteiger partial charge in [0.2, 0.25) is 0 Å². The number of benzene rings is 1. The van der Waals surface area contributed by atoms with Crippen molar-refractivity contribution in [3.8, 4) is 0 Å². The molecular weight excluding hydrogens is 236 g/mol. The number of hydrogen-bond acceptors (Lipinski definition) is 3. The largest absolute Gasteiger partial charge is 0.309 e. The maximum Gasteiger partial charge on any atom is 0.176 e. The Morgan fingerprint density at radius 1 is 1.05 bits per heavy atom. The third kappa shape index (κ3) is 5.53. The van der Waals surface area contributed by atoms with Crippen molar-refractivity contribution in [1.82, 2.24) is 9.80 Å². The van der Waals surface area contributed by atoms with Crippen LogP contribution in [0.4, 0.5) is 0 Å². The quantitative estimate of drug-likeness (QED) is 0.705. The monoisotopic (exact) mass is 262 g/mol. The van der Waals surface area contributed by atoms with Crippen LogP contribution in [-0.4, -0.2) is 56.4 Å². The first kappa shape index (κ1) is 15.9. The highest BCUT2D eigenvalue weighted by molar-refractivity contribution is 5.97. The number of carbonyl (C=O) groups is 1. The average Bonchev–Trinajstić information content (AvgIpc) is 2.32. The molecule has 1 aromatic carbocycles. The van der Waals surface area contributed by atoms with Crippen LogP contribution in [0.1, 0.15) is 27.9 Å². The molecular formula is C16H26N2O. The van der Waals surface area contributed by atoms with Crippen molar-refractivity contribution < 1.29 is 4.79 Å². The second-order valence-electron chi connectivity index (χ2n) is 5.62. The zero-order valence-corrected chi connectivity index (χ0v) is 12.9. The number of rotatable bonds is 7. The van der Waals surface area contributed by atoms with E-state index in [1.54, 1.807) is 0 Å². The van der Waals surface area contributed by atoms with Crippen LogP contribution in [0.3, 0.4) is 0 Å². The van der Waals surface area contributed by atoms with E-state index < -0.39 is 0 Å². The molecule has 0 unspecified atom stereocenters. The fraction of sp³-hybridized carbons (Fsp3) is 0.562.